The minimum atomic E-state index is -0.438. The van der Waals surface area contributed by atoms with Gasteiger partial charge in [-0.25, -0.2) is 0 Å². The monoisotopic (exact) mass is 386 g/mol. The van der Waals surface area contributed by atoms with E-state index in [0.29, 0.717) is 0 Å². The van der Waals surface area contributed by atoms with E-state index >= 15 is 0 Å². The molecule has 3 rings (SSSR count). The van der Waals surface area contributed by atoms with Crippen LogP contribution in [-0.2, 0) is 10.8 Å². The molecule has 1 unspecified atom stereocenters. The van der Waals surface area contributed by atoms with E-state index in [2.05, 4.69) is 113 Å². The van der Waals surface area contributed by atoms with Gasteiger partial charge in [0.2, 0.25) is 0 Å². The van der Waals surface area contributed by atoms with Crippen LogP contribution < -0.4 is 0 Å². The van der Waals surface area contributed by atoms with E-state index in [1.165, 1.54) is 22.3 Å². The van der Waals surface area contributed by atoms with Crippen molar-refractivity contribution in [2.75, 3.05) is 0 Å². The Morgan fingerprint density at radius 2 is 1.21 bits per heavy atom. The van der Waals surface area contributed by atoms with Crippen LogP contribution in [0, 0.1) is 0 Å². The smallest absolute Gasteiger partial charge is 0.0792 e. The maximum atomic E-state index is 10.9. The van der Waals surface area contributed by atoms with E-state index in [0.717, 1.165) is 18.4 Å². The summed E-state index contributed by atoms with van der Waals surface area (Å²) in [7, 11) is 0. The molecule has 0 spiro atoms. The lowest BCUT2D eigenvalue weighted by atomic mass is 9.71. The predicted octanol–water partition coefficient (Wildman–Crippen LogP) is 7.17. The van der Waals surface area contributed by atoms with Crippen molar-refractivity contribution in [2.45, 2.75) is 64.4 Å². The Morgan fingerprint density at radius 3 is 1.72 bits per heavy atom. The third kappa shape index (κ3) is 4.31. The molecule has 29 heavy (non-hydrogen) atoms. The molecule has 0 aliphatic heterocycles. The minimum Gasteiger partial charge on any atom is -0.388 e. The van der Waals surface area contributed by atoms with Crippen LogP contribution in [0.1, 0.15) is 81.4 Å². The summed E-state index contributed by atoms with van der Waals surface area (Å²) < 4.78 is 0. The summed E-state index contributed by atoms with van der Waals surface area (Å²) in [6.45, 7) is 11.2. The Hall–Kier alpha value is -2.38. The zero-order valence-electron chi connectivity index (χ0n) is 18.4. The normalized spacial score (nSPS) is 13.3. The summed E-state index contributed by atoms with van der Waals surface area (Å²) >= 11 is 0. The van der Waals surface area contributed by atoms with Crippen molar-refractivity contribution >= 4 is 0 Å². The molecule has 0 saturated heterocycles. The molecule has 0 heterocycles. The van der Waals surface area contributed by atoms with Crippen LogP contribution in [0.25, 0.3) is 0 Å². The predicted molar refractivity (Wildman–Crippen MR) is 123 cm³/mol. The molecule has 0 bridgehead atoms. The summed E-state index contributed by atoms with van der Waals surface area (Å²) in [5, 5.41) is 10.9. The Labute approximate surface area is 176 Å². The Morgan fingerprint density at radius 1 is 0.690 bits per heavy atom. The van der Waals surface area contributed by atoms with Crippen LogP contribution in [0.2, 0.25) is 0 Å². The van der Waals surface area contributed by atoms with Gasteiger partial charge in [0, 0.05) is 10.8 Å². The van der Waals surface area contributed by atoms with Gasteiger partial charge in [0.05, 0.1) is 6.10 Å². The van der Waals surface area contributed by atoms with Crippen LogP contribution in [0.4, 0.5) is 0 Å². The van der Waals surface area contributed by atoms with Crippen molar-refractivity contribution in [1.29, 1.82) is 0 Å². The molecule has 1 nitrogen and oxygen atoms in total. The van der Waals surface area contributed by atoms with Gasteiger partial charge in [-0.3, -0.25) is 0 Å². The molecular formula is C28H34O. The maximum Gasteiger partial charge on any atom is 0.0792 e. The number of hydrogen-bond donors (Lipinski definition) is 1. The van der Waals surface area contributed by atoms with Gasteiger partial charge in [0.15, 0.2) is 0 Å². The number of hydrogen-bond acceptors (Lipinski definition) is 1. The fourth-order valence-electron chi connectivity index (χ4n) is 4.24. The highest BCUT2D eigenvalue weighted by molar-refractivity contribution is 5.48. The van der Waals surface area contributed by atoms with Gasteiger partial charge < -0.3 is 5.11 Å². The van der Waals surface area contributed by atoms with Crippen molar-refractivity contribution < 1.29 is 5.11 Å². The molecule has 3 aromatic rings. The van der Waals surface area contributed by atoms with Crippen molar-refractivity contribution in [2.24, 2.45) is 0 Å². The van der Waals surface area contributed by atoms with Crippen LogP contribution >= 0.6 is 0 Å². The van der Waals surface area contributed by atoms with Crippen LogP contribution in [-0.4, -0.2) is 5.11 Å². The van der Waals surface area contributed by atoms with E-state index in [4.69, 9.17) is 0 Å². The average Bonchev–Trinajstić information content (AvgIpc) is 2.74. The third-order valence-electron chi connectivity index (χ3n) is 6.36. The molecule has 3 aromatic carbocycles. The van der Waals surface area contributed by atoms with Gasteiger partial charge in [0.1, 0.15) is 0 Å². The van der Waals surface area contributed by atoms with Gasteiger partial charge in [-0.05, 0) is 34.2 Å². The first-order valence-corrected chi connectivity index (χ1v) is 10.7. The highest BCUT2D eigenvalue weighted by atomic mass is 16.3. The highest BCUT2D eigenvalue weighted by Gasteiger charge is 2.31. The highest BCUT2D eigenvalue weighted by Crippen LogP contribution is 2.40. The molecule has 0 aliphatic carbocycles. The summed E-state index contributed by atoms with van der Waals surface area (Å²) in [5.74, 6) is 0. The Bertz CT molecular complexity index is 923. The van der Waals surface area contributed by atoms with E-state index in [-0.39, 0.29) is 10.8 Å². The van der Waals surface area contributed by atoms with Gasteiger partial charge in [-0.15, -0.1) is 0 Å². The van der Waals surface area contributed by atoms with Crippen molar-refractivity contribution in [3.8, 4) is 0 Å². The molecule has 1 N–H and O–H groups in total. The first-order chi connectivity index (χ1) is 13.8. The largest absolute Gasteiger partial charge is 0.388 e. The molecule has 0 radical (unpaired) electrons. The van der Waals surface area contributed by atoms with Crippen LogP contribution in [0.15, 0.2) is 78.9 Å². The molecule has 152 valence electrons. The van der Waals surface area contributed by atoms with Gasteiger partial charge in [0.25, 0.3) is 0 Å². The first kappa shape index (κ1) is 21.3. The Balaban J connectivity index is 2.17. The number of aliphatic hydroxyl groups is 1. The molecule has 1 heteroatoms. The second-order valence-electron chi connectivity index (χ2n) is 9.09. The van der Waals surface area contributed by atoms with E-state index in [1.807, 2.05) is 0 Å². The molecule has 0 fully saturated rings. The van der Waals surface area contributed by atoms with Gasteiger partial charge in [-0.2, -0.15) is 0 Å². The molecule has 0 aliphatic rings. The van der Waals surface area contributed by atoms with Crippen LogP contribution in [0.3, 0.4) is 0 Å². The zero-order chi connectivity index (χ0) is 21.1. The van der Waals surface area contributed by atoms with Crippen LogP contribution in [0.5, 0.6) is 0 Å². The van der Waals surface area contributed by atoms with E-state index in [9.17, 15) is 5.11 Å². The lowest BCUT2D eigenvalue weighted by molar-refractivity contribution is 0.164. The van der Waals surface area contributed by atoms with Crippen molar-refractivity contribution in [3.63, 3.8) is 0 Å². The topological polar surface area (TPSA) is 20.2 Å². The fourth-order valence-corrected chi connectivity index (χ4v) is 4.24. The summed E-state index contributed by atoms with van der Waals surface area (Å²) in [4.78, 5) is 0. The SMILES string of the molecule is CCCC(O)c1ccc(C(C)(C)c2ccccc2)cc1C(C)(C)c1ccccc1. The number of aliphatic hydroxyl groups excluding tert-OH is 1. The standard InChI is InChI=1S/C28H34O/c1-6-13-26(29)24-19-18-23(27(2,3)21-14-9-7-10-15-21)20-25(24)28(4,5)22-16-11-8-12-17-22/h7-12,14-20,26,29H,6,13H2,1-5H3. The number of benzene rings is 3. The summed E-state index contributed by atoms with van der Waals surface area (Å²) in [6, 6.07) is 28.0. The lowest BCUT2D eigenvalue weighted by Crippen LogP contribution is -2.25. The molecular weight excluding hydrogens is 352 g/mol. The second kappa shape index (κ2) is 8.55. The average molecular weight is 387 g/mol. The van der Waals surface area contributed by atoms with Crippen molar-refractivity contribution in [3.05, 3.63) is 107 Å². The van der Waals surface area contributed by atoms with E-state index < -0.39 is 6.10 Å². The van der Waals surface area contributed by atoms with Gasteiger partial charge >= 0.3 is 0 Å². The fraction of sp³-hybridized carbons (Fsp3) is 0.357. The Kier molecular flexibility index (Phi) is 6.29. The van der Waals surface area contributed by atoms with Crippen molar-refractivity contribution in [1.82, 2.24) is 0 Å². The lowest BCUT2D eigenvalue weighted by Gasteiger charge is -2.33. The third-order valence-corrected chi connectivity index (χ3v) is 6.36. The van der Waals surface area contributed by atoms with Gasteiger partial charge in [-0.1, -0.05) is 120 Å². The maximum absolute atomic E-state index is 10.9. The summed E-state index contributed by atoms with van der Waals surface area (Å²) in [6.07, 6.45) is 1.30. The molecule has 0 aromatic heterocycles. The quantitative estimate of drug-likeness (QED) is 0.456. The second-order valence-corrected chi connectivity index (χ2v) is 9.09. The zero-order valence-corrected chi connectivity index (χ0v) is 18.4. The molecule has 0 saturated carbocycles. The summed E-state index contributed by atoms with van der Waals surface area (Å²) in [5.41, 5.74) is 5.78. The minimum absolute atomic E-state index is 0.114. The number of rotatable bonds is 7. The van der Waals surface area contributed by atoms with E-state index in [1.54, 1.807) is 0 Å². The molecule has 1 atom stereocenters. The first-order valence-electron chi connectivity index (χ1n) is 10.7. The molecule has 0 amide bonds.